The zero-order valence-electron chi connectivity index (χ0n) is 20.5. The monoisotopic (exact) mass is 435 g/mol. The molecule has 0 fully saturated rings. The van der Waals surface area contributed by atoms with Gasteiger partial charge in [-0.2, -0.15) is 0 Å². The largest absolute Gasteiger partial charge is 0.494 e. The van der Waals surface area contributed by atoms with Crippen LogP contribution >= 0.6 is 0 Å². The number of hydrogen-bond acceptors (Lipinski definition) is 4. The highest BCUT2D eigenvalue weighted by atomic mass is 16.5. The maximum Gasteiger partial charge on any atom is 0.338 e. The molecule has 0 radical (unpaired) electrons. The van der Waals surface area contributed by atoms with E-state index in [-0.39, 0.29) is 17.4 Å². The molecule has 1 unspecified atom stereocenters. The fraction of sp³-hybridized carbons (Fsp3) is 0.464. The lowest BCUT2D eigenvalue weighted by Crippen LogP contribution is -2.24. The summed E-state index contributed by atoms with van der Waals surface area (Å²) in [5.74, 6) is 1.11. The summed E-state index contributed by atoms with van der Waals surface area (Å²) < 4.78 is 11.2. The van der Waals surface area contributed by atoms with Crippen molar-refractivity contribution in [3.8, 4) is 5.75 Å². The number of rotatable bonds is 8. The van der Waals surface area contributed by atoms with Crippen LogP contribution in [0.1, 0.15) is 88.0 Å². The van der Waals surface area contributed by atoms with Crippen molar-refractivity contribution in [2.45, 2.75) is 66.3 Å². The molecule has 3 rings (SSSR count). The number of esters is 1. The van der Waals surface area contributed by atoms with Gasteiger partial charge in [0.1, 0.15) is 5.75 Å². The number of anilines is 1. The smallest absolute Gasteiger partial charge is 0.338 e. The van der Waals surface area contributed by atoms with Crippen molar-refractivity contribution < 1.29 is 14.3 Å². The molecule has 2 aromatic carbocycles. The third-order valence-corrected chi connectivity index (χ3v) is 6.19. The van der Waals surface area contributed by atoms with E-state index in [1.165, 1.54) is 16.7 Å². The van der Waals surface area contributed by atoms with Crippen LogP contribution in [-0.4, -0.2) is 19.2 Å². The Hall–Kier alpha value is -2.75. The Morgan fingerprint density at radius 1 is 1.06 bits per heavy atom. The van der Waals surface area contributed by atoms with Gasteiger partial charge >= 0.3 is 5.97 Å². The third-order valence-electron chi connectivity index (χ3n) is 6.19. The van der Waals surface area contributed by atoms with E-state index in [2.05, 4.69) is 58.1 Å². The molecule has 1 aliphatic rings. The van der Waals surface area contributed by atoms with Gasteiger partial charge < -0.3 is 14.8 Å². The maximum atomic E-state index is 11.9. The van der Waals surface area contributed by atoms with E-state index in [0.29, 0.717) is 24.7 Å². The Morgan fingerprint density at radius 2 is 1.75 bits per heavy atom. The van der Waals surface area contributed by atoms with Crippen molar-refractivity contribution in [1.29, 1.82) is 0 Å². The first-order valence-corrected chi connectivity index (χ1v) is 11.7. The Kier molecular flexibility index (Phi) is 7.33. The Bertz CT molecular complexity index is 986. The molecule has 1 atom stereocenters. The fourth-order valence-electron chi connectivity index (χ4n) is 4.39. The predicted octanol–water partition coefficient (Wildman–Crippen LogP) is 7.16. The van der Waals surface area contributed by atoms with Gasteiger partial charge in [-0.1, -0.05) is 33.8 Å². The zero-order chi connectivity index (χ0) is 23.5. The molecule has 2 aromatic rings. The number of carbonyl (C=O) groups excluding carboxylic acids is 1. The van der Waals surface area contributed by atoms with Gasteiger partial charge in [-0.3, -0.25) is 0 Å². The first-order chi connectivity index (χ1) is 15.2. The third kappa shape index (κ3) is 5.01. The van der Waals surface area contributed by atoms with Crippen LogP contribution in [0.2, 0.25) is 0 Å². The van der Waals surface area contributed by atoms with E-state index < -0.39 is 0 Å². The fourth-order valence-corrected chi connectivity index (χ4v) is 4.39. The lowest BCUT2D eigenvalue weighted by Gasteiger charge is -2.35. The molecule has 0 heterocycles. The second-order valence-electron chi connectivity index (χ2n) is 9.43. The average molecular weight is 436 g/mol. The summed E-state index contributed by atoms with van der Waals surface area (Å²) in [5, 5.41) is 3.58. The van der Waals surface area contributed by atoms with Crippen molar-refractivity contribution in [3.05, 3.63) is 64.7 Å². The molecule has 4 nitrogen and oxygen atoms in total. The van der Waals surface area contributed by atoms with E-state index in [9.17, 15) is 4.79 Å². The molecule has 0 amide bonds. The number of fused-ring (bicyclic) bond motifs is 1. The van der Waals surface area contributed by atoms with Gasteiger partial charge in [0.05, 0.1) is 24.8 Å². The van der Waals surface area contributed by atoms with Crippen LogP contribution in [-0.2, 0) is 10.2 Å². The van der Waals surface area contributed by atoms with Gasteiger partial charge in [0.15, 0.2) is 0 Å². The van der Waals surface area contributed by atoms with Gasteiger partial charge in [0, 0.05) is 11.3 Å². The molecule has 172 valence electrons. The predicted molar refractivity (Wildman–Crippen MR) is 133 cm³/mol. The summed E-state index contributed by atoms with van der Waals surface area (Å²) in [7, 11) is 0. The Labute approximate surface area is 193 Å². The van der Waals surface area contributed by atoms with Gasteiger partial charge in [-0.15, -0.1) is 0 Å². The summed E-state index contributed by atoms with van der Waals surface area (Å²) in [6, 6.07) is 12.0. The van der Waals surface area contributed by atoms with Crippen LogP contribution in [0.3, 0.4) is 0 Å². The second kappa shape index (κ2) is 9.81. The average Bonchev–Trinajstić information content (AvgIpc) is 2.74. The highest BCUT2D eigenvalue weighted by molar-refractivity contribution is 5.89. The normalized spacial score (nSPS) is 15.6. The van der Waals surface area contributed by atoms with Crippen LogP contribution < -0.4 is 10.1 Å². The minimum atomic E-state index is -0.295. The summed E-state index contributed by atoms with van der Waals surface area (Å²) >= 11 is 0. The van der Waals surface area contributed by atoms with Crippen LogP contribution in [0.15, 0.2) is 42.5 Å². The number of benzene rings is 2. The minimum absolute atomic E-state index is 0.0359. The van der Waals surface area contributed by atoms with Gasteiger partial charge in [-0.25, -0.2) is 4.79 Å². The number of nitrogens with one attached hydrogen (secondary N) is 1. The molecule has 1 N–H and O–H groups in total. The highest BCUT2D eigenvalue weighted by Gasteiger charge is 2.31. The molecule has 0 aromatic heterocycles. The van der Waals surface area contributed by atoms with Crippen molar-refractivity contribution >= 4 is 17.2 Å². The van der Waals surface area contributed by atoms with E-state index >= 15 is 0 Å². The van der Waals surface area contributed by atoms with Crippen molar-refractivity contribution in [2.75, 3.05) is 18.5 Å². The molecule has 0 aliphatic heterocycles. The first-order valence-electron chi connectivity index (χ1n) is 11.7. The molecule has 1 aliphatic carbocycles. The van der Waals surface area contributed by atoms with Crippen LogP contribution in [0.25, 0.3) is 5.57 Å². The number of ether oxygens (including phenoxy) is 2. The zero-order valence-corrected chi connectivity index (χ0v) is 20.5. The van der Waals surface area contributed by atoms with E-state index in [1.54, 1.807) is 12.1 Å². The molecule has 0 spiro atoms. The highest BCUT2D eigenvalue weighted by Crippen LogP contribution is 2.45. The lowest BCUT2D eigenvalue weighted by molar-refractivity contribution is 0.0526. The van der Waals surface area contributed by atoms with Crippen molar-refractivity contribution in [1.82, 2.24) is 0 Å². The van der Waals surface area contributed by atoms with Crippen LogP contribution in [0, 0.1) is 5.92 Å². The maximum absolute atomic E-state index is 11.9. The van der Waals surface area contributed by atoms with Crippen molar-refractivity contribution in [2.24, 2.45) is 5.92 Å². The molecule has 32 heavy (non-hydrogen) atoms. The number of hydrogen-bond donors (Lipinski definition) is 1. The first kappa shape index (κ1) is 23.9. The summed E-state index contributed by atoms with van der Waals surface area (Å²) in [6.45, 7) is 16.1. The van der Waals surface area contributed by atoms with Crippen LogP contribution in [0.4, 0.5) is 5.69 Å². The molecule has 0 bridgehead atoms. The van der Waals surface area contributed by atoms with E-state index in [0.717, 1.165) is 23.4 Å². The lowest BCUT2D eigenvalue weighted by atomic mass is 9.71. The summed E-state index contributed by atoms with van der Waals surface area (Å²) in [4.78, 5) is 11.9. The summed E-state index contributed by atoms with van der Waals surface area (Å²) in [6.07, 6.45) is 3.45. The van der Waals surface area contributed by atoms with Gasteiger partial charge in [0.2, 0.25) is 0 Å². The SMILES string of the molecule is CCOC(=O)c1ccc(NC(C)c2cc3c(cc2OCC)C(C)(C)CC=C3C(C)C)cc1. The topological polar surface area (TPSA) is 47.6 Å². The van der Waals surface area contributed by atoms with E-state index in [4.69, 9.17) is 9.47 Å². The Morgan fingerprint density at radius 3 is 2.34 bits per heavy atom. The van der Waals surface area contributed by atoms with Gasteiger partial charge in [0.25, 0.3) is 0 Å². The standard InChI is InChI=1S/C28H37NO3/c1-8-31-26-17-25-24(22(18(3)4)14-15-28(25,6)7)16-23(26)19(5)29-21-12-10-20(11-13-21)27(30)32-9-2/h10-14,16-19,29H,8-9,15H2,1-7H3. The Balaban J connectivity index is 1.95. The van der Waals surface area contributed by atoms with Crippen LogP contribution in [0.5, 0.6) is 5.75 Å². The van der Waals surface area contributed by atoms with Crippen molar-refractivity contribution in [3.63, 3.8) is 0 Å². The summed E-state index contributed by atoms with van der Waals surface area (Å²) in [5.41, 5.74) is 6.84. The second-order valence-corrected chi connectivity index (χ2v) is 9.43. The number of allylic oxidation sites excluding steroid dienone is 2. The van der Waals surface area contributed by atoms with E-state index in [1.807, 2.05) is 26.0 Å². The van der Waals surface area contributed by atoms with Gasteiger partial charge in [-0.05, 0) is 91.6 Å². The molecular formula is C28H37NO3. The molecule has 4 heteroatoms. The molecule has 0 saturated heterocycles. The minimum Gasteiger partial charge on any atom is -0.494 e. The quantitative estimate of drug-likeness (QED) is 0.447. The number of carbonyl (C=O) groups is 1. The molecular weight excluding hydrogens is 398 g/mol. The molecule has 0 saturated carbocycles.